The molecule has 5 rings (SSSR count). The van der Waals surface area contributed by atoms with Crippen LogP contribution in [0.3, 0.4) is 0 Å². The van der Waals surface area contributed by atoms with Crippen molar-refractivity contribution in [2.24, 2.45) is 17.0 Å². The lowest BCUT2D eigenvalue weighted by molar-refractivity contribution is 1.01. The molecule has 1 heterocycles. The first kappa shape index (κ1) is 25.7. The van der Waals surface area contributed by atoms with Crippen LogP contribution >= 0.6 is 0 Å². The summed E-state index contributed by atoms with van der Waals surface area (Å²) in [5.74, 6) is 0. The maximum Gasteiger partial charge on any atom is 0.0688 e. The number of benzene rings is 4. The Morgan fingerprint density at radius 3 is 1.13 bits per heavy atom. The van der Waals surface area contributed by atoms with Crippen molar-refractivity contribution in [3.63, 3.8) is 0 Å². The van der Waals surface area contributed by atoms with E-state index in [4.69, 9.17) is 9.98 Å². The van der Waals surface area contributed by atoms with Gasteiger partial charge in [-0.25, -0.2) is 0 Å². The summed E-state index contributed by atoms with van der Waals surface area (Å²) in [6.07, 6.45) is 4.08. The van der Waals surface area contributed by atoms with E-state index in [-0.39, 0.29) is 0 Å². The Balaban J connectivity index is 1.71. The van der Waals surface area contributed by atoms with Crippen LogP contribution in [0.1, 0.15) is 55.6 Å². The summed E-state index contributed by atoms with van der Waals surface area (Å²) >= 11 is 0. The number of nitrogens with zero attached hydrogens (tertiary/aromatic N) is 3. The molecule has 0 unspecified atom stereocenters. The maximum atomic E-state index is 5.00. The number of hydrogen-bond acceptors (Lipinski definition) is 2. The quantitative estimate of drug-likeness (QED) is 0.221. The van der Waals surface area contributed by atoms with Gasteiger partial charge in [0.05, 0.1) is 22.4 Å². The summed E-state index contributed by atoms with van der Waals surface area (Å²) in [5.41, 5.74) is 16.6. The SMILES string of the molecule is Cc1cc(C)c(N=Cc2cc(C)cc3c4cc(C)cc(C=Nc5c(C)cc(C)cc5C)c4n(C)c23)c(C)c1. The molecule has 0 radical (unpaired) electrons. The van der Waals surface area contributed by atoms with E-state index in [1.54, 1.807) is 0 Å². The fraction of sp³-hybridized carbons (Fsp3) is 0.257. The molecule has 0 amide bonds. The molecule has 5 aromatic rings. The molecule has 0 atom stereocenters. The van der Waals surface area contributed by atoms with Crippen molar-refractivity contribution in [1.29, 1.82) is 0 Å². The van der Waals surface area contributed by atoms with Gasteiger partial charge in [-0.3, -0.25) is 9.98 Å². The van der Waals surface area contributed by atoms with E-state index >= 15 is 0 Å². The zero-order chi connectivity index (χ0) is 27.3. The highest BCUT2D eigenvalue weighted by Crippen LogP contribution is 2.35. The highest BCUT2D eigenvalue weighted by molar-refractivity contribution is 6.17. The van der Waals surface area contributed by atoms with Gasteiger partial charge in [0.2, 0.25) is 0 Å². The minimum absolute atomic E-state index is 1.05. The van der Waals surface area contributed by atoms with Crippen molar-refractivity contribution in [2.75, 3.05) is 0 Å². The lowest BCUT2D eigenvalue weighted by Gasteiger charge is -2.08. The fourth-order valence-electron chi connectivity index (χ4n) is 6.10. The molecule has 0 aliphatic heterocycles. The molecule has 1 aromatic heterocycles. The molecule has 0 bridgehead atoms. The first-order valence-electron chi connectivity index (χ1n) is 13.3. The van der Waals surface area contributed by atoms with Gasteiger partial charge in [-0.15, -0.1) is 0 Å². The molecule has 0 saturated carbocycles. The van der Waals surface area contributed by atoms with Gasteiger partial charge >= 0.3 is 0 Å². The van der Waals surface area contributed by atoms with Crippen LogP contribution in [0, 0.1) is 55.4 Å². The number of hydrogen-bond donors (Lipinski definition) is 0. The number of aromatic nitrogens is 1. The predicted molar refractivity (Wildman–Crippen MR) is 166 cm³/mol. The van der Waals surface area contributed by atoms with E-state index in [1.165, 1.54) is 66.3 Å². The molecular weight excluding hydrogens is 462 g/mol. The Morgan fingerprint density at radius 2 is 0.789 bits per heavy atom. The number of rotatable bonds is 4. The van der Waals surface area contributed by atoms with Gasteiger partial charge in [-0.05, 0) is 113 Å². The average molecular weight is 500 g/mol. The molecular formula is C35H37N3. The Kier molecular flexibility index (Phi) is 6.56. The maximum absolute atomic E-state index is 5.00. The van der Waals surface area contributed by atoms with E-state index in [0.29, 0.717) is 0 Å². The standard InChI is InChI=1S/C35H37N3/c1-20-10-24(5)32(25(6)11-20)36-18-28-14-22(3)16-30-31-17-23(4)15-29(35(31)38(9)34(28)30)19-37-33-26(7)12-21(2)13-27(33)8/h10-19H,1-9H3. The van der Waals surface area contributed by atoms with Gasteiger partial charge < -0.3 is 4.57 Å². The van der Waals surface area contributed by atoms with Crippen molar-refractivity contribution in [3.8, 4) is 0 Å². The molecule has 3 nitrogen and oxygen atoms in total. The molecule has 192 valence electrons. The van der Waals surface area contributed by atoms with Gasteiger partial charge in [0.15, 0.2) is 0 Å². The van der Waals surface area contributed by atoms with Crippen molar-refractivity contribution >= 4 is 45.6 Å². The smallest absolute Gasteiger partial charge is 0.0688 e. The number of aryl methyl sites for hydroxylation is 9. The third-order valence-electron chi connectivity index (χ3n) is 7.46. The van der Waals surface area contributed by atoms with Gasteiger partial charge in [0.25, 0.3) is 0 Å². The molecule has 38 heavy (non-hydrogen) atoms. The minimum atomic E-state index is 1.05. The summed E-state index contributed by atoms with van der Waals surface area (Å²) in [6, 6.07) is 17.9. The first-order chi connectivity index (χ1) is 18.0. The topological polar surface area (TPSA) is 29.6 Å². The van der Waals surface area contributed by atoms with Crippen molar-refractivity contribution in [2.45, 2.75) is 55.4 Å². The summed E-state index contributed by atoms with van der Waals surface area (Å²) in [7, 11) is 2.16. The second-order valence-corrected chi connectivity index (χ2v) is 11.1. The molecule has 0 N–H and O–H groups in total. The molecule has 0 aliphatic carbocycles. The second kappa shape index (κ2) is 9.72. The van der Waals surface area contributed by atoms with Crippen LogP contribution in [0.15, 0.2) is 58.5 Å². The van der Waals surface area contributed by atoms with Crippen molar-refractivity contribution < 1.29 is 0 Å². The molecule has 4 aromatic carbocycles. The van der Waals surface area contributed by atoms with Crippen LogP contribution in [0.5, 0.6) is 0 Å². The monoisotopic (exact) mass is 499 g/mol. The molecule has 0 saturated heterocycles. The zero-order valence-corrected chi connectivity index (χ0v) is 24.1. The van der Waals surface area contributed by atoms with Crippen LogP contribution in [0.4, 0.5) is 11.4 Å². The second-order valence-electron chi connectivity index (χ2n) is 11.1. The lowest BCUT2D eigenvalue weighted by atomic mass is 10.0. The Morgan fingerprint density at radius 1 is 0.474 bits per heavy atom. The van der Waals surface area contributed by atoms with Crippen LogP contribution in [-0.2, 0) is 7.05 Å². The van der Waals surface area contributed by atoms with Crippen LogP contribution < -0.4 is 0 Å². The highest BCUT2D eigenvalue weighted by Gasteiger charge is 2.16. The Labute approximate surface area is 226 Å². The van der Waals surface area contributed by atoms with Gasteiger partial charge in [-0.2, -0.15) is 0 Å². The number of fused-ring (bicyclic) bond motifs is 3. The van der Waals surface area contributed by atoms with E-state index in [9.17, 15) is 0 Å². The van der Waals surface area contributed by atoms with E-state index < -0.39 is 0 Å². The fourth-order valence-corrected chi connectivity index (χ4v) is 6.10. The van der Waals surface area contributed by atoms with E-state index in [1.807, 2.05) is 12.4 Å². The highest BCUT2D eigenvalue weighted by atomic mass is 14.9. The summed E-state index contributed by atoms with van der Waals surface area (Å²) in [4.78, 5) is 9.99. The van der Waals surface area contributed by atoms with E-state index in [2.05, 4.69) is 116 Å². The van der Waals surface area contributed by atoms with E-state index in [0.717, 1.165) is 22.5 Å². The summed E-state index contributed by atoms with van der Waals surface area (Å²) in [5, 5.41) is 2.50. The van der Waals surface area contributed by atoms with Crippen molar-refractivity contribution in [1.82, 2.24) is 4.57 Å². The van der Waals surface area contributed by atoms with Crippen LogP contribution in [0.2, 0.25) is 0 Å². The Hall–Kier alpha value is -3.98. The third kappa shape index (κ3) is 4.58. The molecule has 0 aliphatic rings. The van der Waals surface area contributed by atoms with Crippen LogP contribution in [0.25, 0.3) is 21.8 Å². The largest absolute Gasteiger partial charge is 0.343 e. The van der Waals surface area contributed by atoms with Crippen LogP contribution in [-0.4, -0.2) is 17.0 Å². The normalized spacial score (nSPS) is 12.1. The first-order valence-corrected chi connectivity index (χ1v) is 13.3. The summed E-state index contributed by atoms with van der Waals surface area (Å²) < 4.78 is 2.32. The number of aliphatic imine (C=N–C) groups is 2. The molecule has 0 fully saturated rings. The minimum Gasteiger partial charge on any atom is -0.343 e. The lowest BCUT2D eigenvalue weighted by Crippen LogP contribution is -1.96. The van der Waals surface area contributed by atoms with Gasteiger partial charge in [0, 0.05) is 41.4 Å². The van der Waals surface area contributed by atoms with Crippen molar-refractivity contribution in [3.05, 3.63) is 104 Å². The Bertz CT molecular complexity index is 1620. The van der Waals surface area contributed by atoms with Gasteiger partial charge in [-0.1, -0.05) is 35.4 Å². The van der Waals surface area contributed by atoms with Gasteiger partial charge in [0.1, 0.15) is 0 Å². The molecule has 3 heteroatoms. The molecule has 0 spiro atoms. The summed E-state index contributed by atoms with van der Waals surface area (Å²) in [6.45, 7) is 17.2. The third-order valence-corrected chi connectivity index (χ3v) is 7.46. The average Bonchev–Trinajstić information content (AvgIpc) is 3.09. The predicted octanol–water partition coefficient (Wildman–Crippen LogP) is 9.30. The zero-order valence-electron chi connectivity index (χ0n) is 24.1.